The second-order valence-corrected chi connectivity index (χ2v) is 4.17. The van der Waals surface area contributed by atoms with Gasteiger partial charge in [-0.15, -0.1) is 0 Å². The monoisotopic (exact) mass is 201 g/mol. The highest BCUT2D eigenvalue weighted by Gasteiger charge is 2.53. The van der Waals surface area contributed by atoms with Gasteiger partial charge in [-0.3, -0.25) is 9.69 Å². The molecule has 4 atom stereocenters. The predicted octanol–water partition coefficient (Wildman–Crippen LogP) is 0.980. The quantitative estimate of drug-likeness (QED) is 0.624. The molecule has 1 saturated carbocycles. The van der Waals surface area contributed by atoms with Crippen LogP contribution in [0.4, 0.5) is 4.39 Å². The number of piperidine rings is 1. The number of hydrogen-bond donors (Lipinski definition) is 0. The highest BCUT2D eigenvalue weighted by Crippen LogP contribution is 2.43. The van der Waals surface area contributed by atoms with E-state index in [1.165, 1.54) is 0 Å². The maximum Gasteiger partial charge on any atom is 0.323 e. The Labute approximate surface area is 83.2 Å². The average Bonchev–Trinajstić information content (AvgIpc) is 2.61. The molecule has 1 aliphatic heterocycles. The number of likely N-dealkylation sites (N-methyl/N-ethyl adjacent to an activating group) is 1. The lowest BCUT2D eigenvalue weighted by molar-refractivity contribution is -0.151. The van der Waals surface area contributed by atoms with Gasteiger partial charge < -0.3 is 4.74 Å². The zero-order valence-corrected chi connectivity index (χ0v) is 8.57. The largest absolute Gasteiger partial charge is 0.465 e. The summed E-state index contributed by atoms with van der Waals surface area (Å²) in [5.41, 5.74) is 0. The summed E-state index contributed by atoms with van der Waals surface area (Å²) in [5.74, 6) is -0.395. The molecule has 3 nitrogen and oxygen atoms in total. The van der Waals surface area contributed by atoms with Crippen LogP contribution in [-0.2, 0) is 9.53 Å². The van der Waals surface area contributed by atoms with Crippen molar-refractivity contribution in [3.63, 3.8) is 0 Å². The minimum atomic E-state index is -0.814. The van der Waals surface area contributed by atoms with E-state index >= 15 is 0 Å². The van der Waals surface area contributed by atoms with Crippen molar-refractivity contribution in [1.29, 1.82) is 0 Å². The van der Waals surface area contributed by atoms with Gasteiger partial charge >= 0.3 is 5.97 Å². The first kappa shape index (κ1) is 9.90. The summed E-state index contributed by atoms with van der Waals surface area (Å²) in [6.45, 7) is 2.15. The van der Waals surface area contributed by atoms with E-state index in [2.05, 4.69) is 0 Å². The molecular formula is C10H16FNO2. The Morgan fingerprint density at radius 3 is 2.86 bits per heavy atom. The number of likely N-dealkylation sites (tertiary alicyclic amines) is 1. The van der Waals surface area contributed by atoms with E-state index in [-0.39, 0.29) is 24.0 Å². The number of nitrogens with zero attached hydrogens (tertiary/aromatic N) is 1. The summed E-state index contributed by atoms with van der Waals surface area (Å²) < 4.78 is 18.4. The van der Waals surface area contributed by atoms with Crippen LogP contribution in [0.5, 0.6) is 0 Å². The number of carbonyl (C=O) groups excluding carboxylic acids is 1. The van der Waals surface area contributed by atoms with Crippen molar-refractivity contribution in [2.45, 2.75) is 38.0 Å². The molecule has 1 saturated heterocycles. The third kappa shape index (κ3) is 1.32. The van der Waals surface area contributed by atoms with Gasteiger partial charge in [0.15, 0.2) is 0 Å². The third-order valence-electron chi connectivity index (χ3n) is 3.45. The molecule has 0 N–H and O–H groups in total. The fourth-order valence-electron chi connectivity index (χ4n) is 2.75. The van der Waals surface area contributed by atoms with Crippen molar-refractivity contribution in [2.24, 2.45) is 5.92 Å². The molecule has 2 bridgehead atoms. The van der Waals surface area contributed by atoms with Crippen LogP contribution in [-0.4, -0.2) is 42.8 Å². The predicted molar refractivity (Wildman–Crippen MR) is 49.6 cm³/mol. The van der Waals surface area contributed by atoms with Crippen LogP contribution in [0.1, 0.15) is 19.8 Å². The molecule has 0 radical (unpaired) electrons. The summed E-state index contributed by atoms with van der Waals surface area (Å²) in [6.07, 6.45) is 0.573. The van der Waals surface area contributed by atoms with Crippen molar-refractivity contribution in [2.75, 3.05) is 13.7 Å². The Hall–Kier alpha value is -0.640. The summed E-state index contributed by atoms with van der Waals surface area (Å²) >= 11 is 0. The van der Waals surface area contributed by atoms with E-state index < -0.39 is 6.17 Å². The van der Waals surface area contributed by atoms with Crippen LogP contribution in [0.15, 0.2) is 0 Å². The van der Waals surface area contributed by atoms with Crippen LogP contribution >= 0.6 is 0 Å². The third-order valence-corrected chi connectivity index (χ3v) is 3.45. The van der Waals surface area contributed by atoms with Gasteiger partial charge in [0, 0.05) is 12.0 Å². The molecule has 0 spiro atoms. The molecular weight excluding hydrogens is 185 g/mol. The first-order valence-corrected chi connectivity index (χ1v) is 5.17. The molecule has 4 heteroatoms. The van der Waals surface area contributed by atoms with E-state index in [9.17, 15) is 9.18 Å². The Kier molecular flexibility index (Phi) is 2.47. The van der Waals surface area contributed by atoms with Gasteiger partial charge in [0.05, 0.1) is 6.61 Å². The van der Waals surface area contributed by atoms with Crippen molar-refractivity contribution in [1.82, 2.24) is 4.90 Å². The van der Waals surface area contributed by atoms with Gasteiger partial charge in [-0.25, -0.2) is 4.39 Å². The summed E-state index contributed by atoms with van der Waals surface area (Å²) in [4.78, 5) is 13.5. The second kappa shape index (κ2) is 3.50. The SMILES string of the molecule is CCOC(=O)C1C2CC(CC2F)N1C. The molecule has 0 aromatic carbocycles. The van der Waals surface area contributed by atoms with E-state index in [4.69, 9.17) is 4.74 Å². The van der Waals surface area contributed by atoms with Crippen molar-refractivity contribution >= 4 is 5.97 Å². The standard InChI is InChI=1S/C10H16FNO2/c1-3-14-10(13)9-7-4-6(12(9)2)5-8(7)11/h6-9H,3-5H2,1-2H3. The van der Waals surface area contributed by atoms with Gasteiger partial charge in [-0.05, 0) is 26.8 Å². The molecule has 2 rings (SSSR count). The van der Waals surface area contributed by atoms with Gasteiger partial charge in [0.2, 0.25) is 0 Å². The number of rotatable bonds is 2. The fraction of sp³-hybridized carbons (Fsp3) is 0.900. The number of esters is 1. The number of carbonyl (C=O) groups is 1. The second-order valence-electron chi connectivity index (χ2n) is 4.17. The summed E-state index contributed by atoms with van der Waals surface area (Å²) in [5, 5.41) is 0. The van der Waals surface area contributed by atoms with Crippen LogP contribution in [0.2, 0.25) is 0 Å². The van der Waals surface area contributed by atoms with Gasteiger partial charge in [-0.1, -0.05) is 0 Å². The zero-order valence-electron chi connectivity index (χ0n) is 8.57. The Morgan fingerprint density at radius 1 is 1.57 bits per heavy atom. The Bertz CT molecular complexity index is 246. The minimum absolute atomic E-state index is 0.135. The van der Waals surface area contributed by atoms with E-state index in [0.29, 0.717) is 13.0 Å². The highest BCUT2D eigenvalue weighted by molar-refractivity contribution is 5.77. The molecule has 14 heavy (non-hydrogen) atoms. The van der Waals surface area contributed by atoms with Crippen molar-refractivity contribution < 1.29 is 13.9 Å². The van der Waals surface area contributed by atoms with Gasteiger partial charge in [0.25, 0.3) is 0 Å². The molecule has 80 valence electrons. The van der Waals surface area contributed by atoms with Gasteiger partial charge in [0.1, 0.15) is 12.2 Å². The van der Waals surface area contributed by atoms with E-state index in [1.807, 2.05) is 11.9 Å². The number of hydrogen-bond acceptors (Lipinski definition) is 3. The number of halogens is 1. The normalized spacial score (nSPS) is 41.6. The lowest BCUT2D eigenvalue weighted by Crippen LogP contribution is -2.47. The minimum Gasteiger partial charge on any atom is -0.465 e. The lowest BCUT2D eigenvalue weighted by Gasteiger charge is -2.31. The summed E-state index contributed by atoms with van der Waals surface area (Å²) in [6, 6.07) is -0.104. The molecule has 0 amide bonds. The topological polar surface area (TPSA) is 29.5 Å². The Balaban J connectivity index is 2.08. The molecule has 1 heterocycles. The number of ether oxygens (including phenoxy) is 1. The molecule has 1 aliphatic carbocycles. The van der Waals surface area contributed by atoms with Crippen LogP contribution < -0.4 is 0 Å². The zero-order chi connectivity index (χ0) is 10.3. The fourth-order valence-corrected chi connectivity index (χ4v) is 2.75. The summed E-state index contributed by atoms with van der Waals surface area (Å²) in [7, 11) is 1.89. The molecule has 0 aromatic heterocycles. The first-order valence-electron chi connectivity index (χ1n) is 5.17. The van der Waals surface area contributed by atoms with Crippen molar-refractivity contribution in [3.05, 3.63) is 0 Å². The molecule has 2 fully saturated rings. The van der Waals surface area contributed by atoms with Crippen LogP contribution in [0.3, 0.4) is 0 Å². The molecule has 2 aliphatic rings. The molecule has 0 aromatic rings. The smallest absolute Gasteiger partial charge is 0.323 e. The van der Waals surface area contributed by atoms with Crippen LogP contribution in [0, 0.1) is 5.92 Å². The first-order chi connectivity index (χ1) is 6.65. The Morgan fingerprint density at radius 2 is 2.29 bits per heavy atom. The average molecular weight is 201 g/mol. The van der Waals surface area contributed by atoms with Crippen molar-refractivity contribution in [3.8, 4) is 0 Å². The molecule has 4 unspecified atom stereocenters. The highest BCUT2D eigenvalue weighted by atomic mass is 19.1. The van der Waals surface area contributed by atoms with E-state index in [1.54, 1.807) is 6.92 Å². The van der Waals surface area contributed by atoms with E-state index in [0.717, 1.165) is 6.42 Å². The maximum absolute atomic E-state index is 13.4. The van der Waals surface area contributed by atoms with Crippen LogP contribution in [0.25, 0.3) is 0 Å². The number of alkyl halides is 1. The number of fused-ring (bicyclic) bond motifs is 2. The maximum atomic E-state index is 13.4. The lowest BCUT2D eigenvalue weighted by atomic mass is 9.97. The van der Waals surface area contributed by atoms with Gasteiger partial charge in [-0.2, -0.15) is 0 Å².